The molecule has 2 heterocycles. The molecule has 4 rings (SSSR count). The first kappa shape index (κ1) is 17.9. The van der Waals surface area contributed by atoms with Gasteiger partial charge in [0, 0.05) is 18.0 Å². The molecule has 0 bridgehead atoms. The first-order chi connectivity index (χ1) is 13.1. The summed E-state index contributed by atoms with van der Waals surface area (Å²) in [6.07, 6.45) is 3.25. The van der Waals surface area contributed by atoms with Gasteiger partial charge in [0.15, 0.2) is 5.16 Å². The third-order valence-electron chi connectivity index (χ3n) is 5.01. The number of carbonyl (C=O) groups excluding carboxylic acids is 1. The number of benzene rings is 1. The van der Waals surface area contributed by atoms with Gasteiger partial charge in [0.2, 0.25) is 0 Å². The number of ketones is 1. The number of allylic oxidation sites excluding steroid dienone is 2. The Hall–Kier alpha value is -2.54. The summed E-state index contributed by atoms with van der Waals surface area (Å²) in [6.45, 7) is 2.01. The van der Waals surface area contributed by atoms with E-state index in [1.165, 1.54) is 11.8 Å². The maximum absolute atomic E-state index is 13.0. The van der Waals surface area contributed by atoms with Crippen LogP contribution < -0.4 is 15.6 Å². The van der Waals surface area contributed by atoms with E-state index in [9.17, 15) is 9.59 Å². The summed E-state index contributed by atoms with van der Waals surface area (Å²) in [6, 6.07) is 7.58. The number of thioether (sulfide) groups is 1. The van der Waals surface area contributed by atoms with E-state index in [0.717, 1.165) is 17.0 Å². The molecule has 2 aromatic rings. The topological polar surface area (TPSA) is 84.1 Å². The SMILES string of the molecule is CCSc1nc2c(c(=O)[nH]1)[C@H](c1cccc(OC)c1)[C@H]1C(=O)CCC=C1N2. The largest absolute Gasteiger partial charge is 0.497 e. The molecule has 1 aliphatic heterocycles. The lowest BCUT2D eigenvalue weighted by Gasteiger charge is -2.36. The molecule has 0 unspecified atom stereocenters. The fourth-order valence-corrected chi connectivity index (χ4v) is 4.46. The van der Waals surface area contributed by atoms with E-state index in [4.69, 9.17) is 4.74 Å². The summed E-state index contributed by atoms with van der Waals surface area (Å²) in [5.74, 6) is 1.41. The minimum Gasteiger partial charge on any atom is -0.497 e. The van der Waals surface area contributed by atoms with Gasteiger partial charge in [-0.1, -0.05) is 36.9 Å². The standard InChI is InChI=1S/C20H21N3O3S/c1-3-27-20-22-18-17(19(25)23-20)15(11-6-4-7-12(10-11)26-2)16-13(21-18)8-5-9-14(16)24/h4,6-8,10,15-16H,3,5,9H2,1-2H3,(H2,21,22,23,25)/t15-,16-/m1/s1. The maximum atomic E-state index is 13.0. The summed E-state index contributed by atoms with van der Waals surface area (Å²) < 4.78 is 5.36. The zero-order chi connectivity index (χ0) is 19.0. The number of aromatic nitrogens is 2. The number of Topliss-reactive ketones (excluding diaryl/α,β-unsaturated/α-hetero) is 1. The second-order valence-electron chi connectivity index (χ2n) is 6.59. The van der Waals surface area contributed by atoms with E-state index in [-0.39, 0.29) is 17.3 Å². The molecule has 7 heteroatoms. The fraction of sp³-hybridized carbons (Fsp3) is 0.350. The van der Waals surface area contributed by atoms with Crippen molar-refractivity contribution in [3.8, 4) is 5.75 Å². The highest BCUT2D eigenvalue weighted by Crippen LogP contribution is 2.45. The summed E-state index contributed by atoms with van der Waals surface area (Å²) in [5.41, 5.74) is 2.04. The zero-order valence-electron chi connectivity index (χ0n) is 15.2. The summed E-state index contributed by atoms with van der Waals surface area (Å²) in [4.78, 5) is 33.3. The molecule has 1 aromatic heterocycles. The van der Waals surface area contributed by atoms with E-state index in [1.54, 1.807) is 7.11 Å². The number of hydrogen-bond acceptors (Lipinski definition) is 6. The van der Waals surface area contributed by atoms with Crippen LogP contribution in [-0.2, 0) is 4.79 Å². The molecule has 140 valence electrons. The van der Waals surface area contributed by atoms with Gasteiger partial charge in [0.05, 0.1) is 18.6 Å². The fourth-order valence-electron chi connectivity index (χ4n) is 3.87. The van der Waals surface area contributed by atoms with Gasteiger partial charge in [-0.25, -0.2) is 4.98 Å². The number of ether oxygens (including phenoxy) is 1. The van der Waals surface area contributed by atoms with Crippen molar-refractivity contribution in [2.45, 2.75) is 30.8 Å². The highest BCUT2D eigenvalue weighted by atomic mass is 32.2. The highest BCUT2D eigenvalue weighted by molar-refractivity contribution is 7.99. The van der Waals surface area contributed by atoms with Crippen molar-refractivity contribution >= 4 is 23.4 Å². The lowest BCUT2D eigenvalue weighted by molar-refractivity contribution is -0.122. The Morgan fingerprint density at radius 3 is 2.93 bits per heavy atom. The second-order valence-corrected chi connectivity index (χ2v) is 7.84. The molecule has 0 saturated heterocycles. The number of nitrogens with zero attached hydrogens (tertiary/aromatic N) is 1. The van der Waals surface area contributed by atoms with E-state index in [0.29, 0.717) is 35.1 Å². The van der Waals surface area contributed by atoms with Gasteiger partial charge in [-0.3, -0.25) is 9.59 Å². The summed E-state index contributed by atoms with van der Waals surface area (Å²) in [5, 5.41) is 3.84. The monoisotopic (exact) mass is 383 g/mol. The lowest BCUT2D eigenvalue weighted by Crippen LogP contribution is -2.38. The van der Waals surface area contributed by atoms with Gasteiger partial charge in [-0.2, -0.15) is 0 Å². The van der Waals surface area contributed by atoms with Crippen molar-refractivity contribution in [2.24, 2.45) is 5.92 Å². The predicted octanol–water partition coefficient (Wildman–Crippen LogP) is 3.31. The van der Waals surface area contributed by atoms with Crippen molar-refractivity contribution < 1.29 is 9.53 Å². The average Bonchev–Trinajstić information content (AvgIpc) is 2.67. The maximum Gasteiger partial charge on any atom is 0.257 e. The number of H-pyrrole nitrogens is 1. The number of methoxy groups -OCH3 is 1. The Kier molecular flexibility index (Phi) is 4.78. The van der Waals surface area contributed by atoms with Crippen molar-refractivity contribution in [3.05, 3.63) is 57.5 Å². The third-order valence-corrected chi connectivity index (χ3v) is 5.77. The Morgan fingerprint density at radius 2 is 2.15 bits per heavy atom. The van der Waals surface area contributed by atoms with Crippen LogP contribution in [-0.4, -0.2) is 28.6 Å². The van der Waals surface area contributed by atoms with Crippen molar-refractivity contribution in [1.29, 1.82) is 0 Å². The van der Waals surface area contributed by atoms with Gasteiger partial charge >= 0.3 is 0 Å². The van der Waals surface area contributed by atoms with Crippen LogP contribution in [0.5, 0.6) is 5.75 Å². The molecule has 1 aliphatic carbocycles. The van der Waals surface area contributed by atoms with Crippen LogP contribution in [0.4, 0.5) is 5.82 Å². The number of carbonyl (C=O) groups is 1. The molecular formula is C20H21N3O3S. The van der Waals surface area contributed by atoms with Crippen LogP contribution in [0.15, 0.2) is 46.0 Å². The molecule has 1 aromatic carbocycles. The van der Waals surface area contributed by atoms with E-state index in [2.05, 4.69) is 21.4 Å². The molecule has 2 N–H and O–H groups in total. The van der Waals surface area contributed by atoms with Gasteiger partial charge < -0.3 is 15.0 Å². The lowest BCUT2D eigenvalue weighted by atomic mass is 9.72. The number of hydrogen-bond donors (Lipinski definition) is 2. The molecule has 0 radical (unpaired) electrons. The zero-order valence-corrected chi connectivity index (χ0v) is 16.1. The third kappa shape index (κ3) is 3.16. The Balaban J connectivity index is 1.94. The number of fused-ring (bicyclic) bond motifs is 2. The number of rotatable bonds is 4. The Labute approximate surface area is 161 Å². The first-order valence-corrected chi connectivity index (χ1v) is 10.0. The smallest absolute Gasteiger partial charge is 0.257 e. The highest BCUT2D eigenvalue weighted by Gasteiger charge is 2.42. The van der Waals surface area contributed by atoms with Crippen molar-refractivity contribution in [2.75, 3.05) is 18.2 Å². The van der Waals surface area contributed by atoms with Crippen molar-refractivity contribution in [1.82, 2.24) is 9.97 Å². The first-order valence-electron chi connectivity index (χ1n) is 9.03. The molecule has 2 atom stereocenters. The van der Waals surface area contributed by atoms with Crippen molar-refractivity contribution in [3.63, 3.8) is 0 Å². The number of anilines is 1. The molecule has 0 amide bonds. The van der Waals surface area contributed by atoms with Crippen LogP contribution in [0.3, 0.4) is 0 Å². The van der Waals surface area contributed by atoms with Gasteiger partial charge in [0.1, 0.15) is 17.4 Å². The summed E-state index contributed by atoms with van der Waals surface area (Å²) in [7, 11) is 1.61. The van der Waals surface area contributed by atoms with E-state index in [1.807, 2.05) is 31.2 Å². The minimum atomic E-state index is -0.397. The average molecular weight is 383 g/mol. The predicted molar refractivity (Wildman–Crippen MR) is 106 cm³/mol. The molecule has 6 nitrogen and oxygen atoms in total. The van der Waals surface area contributed by atoms with E-state index >= 15 is 0 Å². The van der Waals surface area contributed by atoms with Gasteiger partial charge in [-0.15, -0.1) is 0 Å². The van der Waals surface area contributed by atoms with Crippen LogP contribution in [0, 0.1) is 5.92 Å². The normalized spacial score (nSPS) is 21.0. The molecular weight excluding hydrogens is 362 g/mol. The number of nitrogens with one attached hydrogen (secondary N) is 2. The molecule has 27 heavy (non-hydrogen) atoms. The quantitative estimate of drug-likeness (QED) is 0.622. The molecule has 0 saturated carbocycles. The van der Waals surface area contributed by atoms with Crippen LogP contribution in [0.2, 0.25) is 0 Å². The van der Waals surface area contributed by atoms with Gasteiger partial charge in [-0.05, 0) is 29.9 Å². The molecule has 0 fully saturated rings. The number of aromatic amines is 1. The minimum absolute atomic E-state index is 0.143. The van der Waals surface area contributed by atoms with Crippen LogP contribution in [0.25, 0.3) is 0 Å². The van der Waals surface area contributed by atoms with Crippen LogP contribution in [0.1, 0.15) is 36.8 Å². The van der Waals surface area contributed by atoms with Gasteiger partial charge in [0.25, 0.3) is 5.56 Å². The Morgan fingerprint density at radius 1 is 1.30 bits per heavy atom. The molecule has 0 spiro atoms. The second kappa shape index (κ2) is 7.23. The Bertz CT molecular complexity index is 983. The molecule has 2 aliphatic rings. The van der Waals surface area contributed by atoms with E-state index < -0.39 is 5.92 Å². The summed E-state index contributed by atoms with van der Waals surface area (Å²) >= 11 is 1.48. The van der Waals surface area contributed by atoms with Crippen LogP contribution >= 0.6 is 11.8 Å².